The first-order valence-electron chi connectivity index (χ1n) is 8.56. The summed E-state index contributed by atoms with van der Waals surface area (Å²) in [6.45, 7) is 0. The van der Waals surface area contributed by atoms with E-state index in [0.29, 0.717) is 16.9 Å². The molecule has 0 saturated heterocycles. The summed E-state index contributed by atoms with van der Waals surface area (Å²) in [5.41, 5.74) is 3.62. The average molecular weight is 364 g/mol. The molecule has 0 radical (unpaired) electrons. The molecular weight excluding hydrogens is 347 g/mol. The lowest BCUT2D eigenvalue weighted by Crippen LogP contribution is -2.17. The number of benzene rings is 3. The summed E-state index contributed by atoms with van der Waals surface area (Å²) in [7, 11) is 1.28. The molecule has 0 fully saturated rings. The molecule has 0 spiro atoms. The Labute approximate surface area is 155 Å². The van der Waals surface area contributed by atoms with Crippen molar-refractivity contribution in [2.24, 2.45) is 0 Å². The fourth-order valence-electron chi connectivity index (χ4n) is 3.51. The molecule has 0 bridgehead atoms. The SMILES string of the molecule is COC(=O)Nc1cc2c3c(cccc3c1NC(=O)c1ccc(F)cc1)CC2. The number of aryl methyl sites for hydroxylation is 2. The van der Waals surface area contributed by atoms with E-state index in [2.05, 4.69) is 16.7 Å². The third-order valence-corrected chi connectivity index (χ3v) is 4.76. The van der Waals surface area contributed by atoms with Crippen LogP contribution in [0.25, 0.3) is 10.8 Å². The first-order chi connectivity index (χ1) is 13.1. The highest BCUT2D eigenvalue weighted by Crippen LogP contribution is 2.40. The van der Waals surface area contributed by atoms with E-state index in [1.807, 2.05) is 18.2 Å². The molecule has 3 aromatic rings. The molecule has 0 aromatic heterocycles. The minimum atomic E-state index is -0.618. The van der Waals surface area contributed by atoms with Crippen LogP contribution < -0.4 is 10.6 Å². The van der Waals surface area contributed by atoms with E-state index in [4.69, 9.17) is 4.74 Å². The molecule has 6 heteroatoms. The second kappa shape index (κ2) is 6.72. The predicted molar refractivity (Wildman–Crippen MR) is 102 cm³/mol. The quantitative estimate of drug-likeness (QED) is 0.719. The van der Waals surface area contributed by atoms with E-state index in [1.54, 1.807) is 0 Å². The molecule has 4 rings (SSSR count). The molecule has 5 nitrogen and oxygen atoms in total. The maximum atomic E-state index is 13.1. The van der Waals surface area contributed by atoms with Crippen LogP contribution in [0.15, 0.2) is 48.5 Å². The monoisotopic (exact) mass is 364 g/mol. The summed E-state index contributed by atoms with van der Waals surface area (Å²) in [4.78, 5) is 24.5. The van der Waals surface area contributed by atoms with Crippen molar-refractivity contribution in [3.8, 4) is 0 Å². The Morgan fingerprint density at radius 1 is 1.00 bits per heavy atom. The van der Waals surface area contributed by atoms with E-state index < -0.39 is 11.9 Å². The zero-order chi connectivity index (χ0) is 19.0. The summed E-state index contributed by atoms with van der Waals surface area (Å²) >= 11 is 0. The Balaban J connectivity index is 1.82. The van der Waals surface area contributed by atoms with E-state index in [0.717, 1.165) is 29.2 Å². The van der Waals surface area contributed by atoms with Crippen molar-refractivity contribution < 1.29 is 18.7 Å². The number of methoxy groups -OCH3 is 1. The van der Waals surface area contributed by atoms with E-state index in [9.17, 15) is 14.0 Å². The Bertz CT molecular complexity index is 1060. The van der Waals surface area contributed by atoms with Crippen molar-refractivity contribution in [3.63, 3.8) is 0 Å². The molecule has 27 heavy (non-hydrogen) atoms. The van der Waals surface area contributed by atoms with Crippen LogP contribution in [0.1, 0.15) is 21.5 Å². The molecule has 0 saturated carbocycles. The van der Waals surface area contributed by atoms with Gasteiger partial charge >= 0.3 is 6.09 Å². The van der Waals surface area contributed by atoms with E-state index >= 15 is 0 Å². The van der Waals surface area contributed by atoms with Gasteiger partial charge in [-0.2, -0.15) is 0 Å². The summed E-state index contributed by atoms with van der Waals surface area (Å²) in [5, 5.41) is 7.50. The van der Waals surface area contributed by atoms with Crippen LogP contribution in [0.3, 0.4) is 0 Å². The highest BCUT2D eigenvalue weighted by atomic mass is 19.1. The number of amides is 2. The zero-order valence-electron chi connectivity index (χ0n) is 14.6. The van der Waals surface area contributed by atoms with Gasteiger partial charge in [0.15, 0.2) is 0 Å². The van der Waals surface area contributed by atoms with Gasteiger partial charge < -0.3 is 10.1 Å². The van der Waals surface area contributed by atoms with Gasteiger partial charge in [0.1, 0.15) is 5.82 Å². The van der Waals surface area contributed by atoms with Gasteiger partial charge in [0.2, 0.25) is 0 Å². The van der Waals surface area contributed by atoms with Crippen molar-refractivity contribution in [2.45, 2.75) is 12.8 Å². The van der Waals surface area contributed by atoms with Gasteiger partial charge in [0.05, 0.1) is 18.5 Å². The molecule has 3 aromatic carbocycles. The number of rotatable bonds is 3. The zero-order valence-corrected chi connectivity index (χ0v) is 14.6. The van der Waals surface area contributed by atoms with Crippen LogP contribution in [0.5, 0.6) is 0 Å². The lowest BCUT2D eigenvalue weighted by atomic mass is 10.0. The summed E-state index contributed by atoms with van der Waals surface area (Å²) < 4.78 is 17.8. The van der Waals surface area contributed by atoms with E-state index in [1.165, 1.54) is 36.9 Å². The van der Waals surface area contributed by atoms with Crippen LogP contribution in [0.2, 0.25) is 0 Å². The molecule has 1 aliphatic rings. The van der Waals surface area contributed by atoms with Gasteiger partial charge in [0.25, 0.3) is 5.91 Å². The highest BCUT2D eigenvalue weighted by Gasteiger charge is 2.21. The van der Waals surface area contributed by atoms with Gasteiger partial charge in [-0.05, 0) is 59.7 Å². The van der Waals surface area contributed by atoms with Gasteiger partial charge in [-0.3, -0.25) is 10.1 Å². The Hall–Kier alpha value is -3.41. The number of halogens is 1. The molecule has 2 N–H and O–H groups in total. The van der Waals surface area contributed by atoms with Crippen LogP contribution in [0.4, 0.5) is 20.6 Å². The van der Waals surface area contributed by atoms with Gasteiger partial charge in [-0.15, -0.1) is 0 Å². The summed E-state index contributed by atoms with van der Waals surface area (Å²) in [5.74, 6) is -0.799. The summed E-state index contributed by atoms with van der Waals surface area (Å²) in [6.07, 6.45) is 1.17. The van der Waals surface area contributed by atoms with Crippen LogP contribution in [-0.4, -0.2) is 19.1 Å². The largest absolute Gasteiger partial charge is 0.453 e. The molecule has 1 aliphatic carbocycles. The predicted octanol–water partition coefficient (Wildman–Crippen LogP) is 4.51. The van der Waals surface area contributed by atoms with Crippen LogP contribution >= 0.6 is 0 Å². The molecule has 0 aliphatic heterocycles. The lowest BCUT2D eigenvalue weighted by molar-refractivity contribution is 0.102. The topological polar surface area (TPSA) is 67.4 Å². The maximum absolute atomic E-state index is 13.1. The van der Waals surface area contributed by atoms with Crippen molar-refractivity contribution in [2.75, 3.05) is 17.7 Å². The van der Waals surface area contributed by atoms with Gasteiger partial charge in [-0.25, -0.2) is 9.18 Å². The van der Waals surface area contributed by atoms with Crippen molar-refractivity contribution in [1.82, 2.24) is 0 Å². The number of hydrogen-bond donors (Lipinski definition) is 2. The third kappa shape index (κ3) is 3.10. The standard InChI is InChI=1S/C21H17FN2O3/c1-27-21(26)23-17-11-14-6-5-12-3-2-4-16(18(12)14)19(17)24-20(25)13-7-9-15(22)10-8-13/h2-4,7-11H,5-6H2,1H3,(H,23,26)(H,24,25). The van der Waals surface area contributed by atoms with Crippen molar-refractivity contribution in [1.29, 1.82) is 0 Å². The Kier molecular flexibility index (Phi) is 4.24. The Morgan fingerprint density at radius 3 is 2.48 bits per heavy atom. The minimum absolute atomic E-state index is 0.323. The first kappa shape index (κ1) is 17.0. The molecular formula is C21H17FN2O3. The second-order valence-corrected chi connectivity index (χ2v) is 6.38. The number of anilines is 2. The molecule has 2 amide bonds. The first-order valence-corrected chi connectivity index (χ1v) is 8.56. The number of nitrogens with one attached hydrogen (secondary N) is 2. The molecule has 0 atom stereocenters. The molecule has 0 unspecified atom stereocenters. The third-order valence-electron chi connectivity index (χ3n) is 4.76. The summed E-state index contributed by atoms with van der Waals surface area (Å²) in [6, 6.07) is 13.1. The fraction of sp³-hybridized carbons (Fsp3) is 0.143. The van der Waals surface area contributed by atoms with Crippen molar-refractivity contribution in [3.05, 3.63) is 71.0 Å². The number of carbonyl (C=O) groups is 2. The van der Waals surface area contributed by atoms with Crippen LogP contribution in [-0.2, 0) is 17.6 Å². The minimum Gasteiger partial charge on any atom is -0.453 e. The lowest BCUT2D eigenvalue weighted by Gasteiger charge is -2.16. The number of hydrogen-bond acceptors (Lipinski definition) is 3. The Morgan fingerprint density at radius 2 is 1.74 bits per heavy atom. The van der Waals surface area contributed by atoms with Gasteiger partial charge in [-0.1, -0.05) is 18.2 Å². The second-order valence-electron chi connectivity index (χ2n) is 6.38. The molecule has 136 valence electrons. The fourth-order valence-corrected chi connectivity index (χ4v) is 3.51. The van der Waals surface area contributed by atoms with Crippen molar-refractivity contribution >= 4 is 34.1 Å². The highest BCUT2D eigenvalue weighted by molar-refractivity contribution is 6.15. The van der Waals surface area contributed by atoms with Crippen LogP contribution in [0, 0.1) is 5.82 Å². The maximum Gasteiger partial charge on any atom is 0.411 e. The van der Waals surface area contributed by atoms with Gasteiger partial charge in [0, 0.05) is 10.9 Å². The smallest absolute Gasteiger partial charge is 0.411 e. The molecule has 0 heterocycles. The average Bonchev–Trinajstić information content (AvgIpc) is 3.09. The van der Waals surface area contributed by atoms with E-state index in [-0.39, 0.29) is 5.91 Å². The number of carbonyl (C=O) groups excluding carboxylic acids is 2. The number of ether oxygens (including phenoxy) is 1. The normalized spacial score (nSPS) is 12.1.